The van der Waals surface area contributed by atoms with Crippen LogP contribution in [0.15, 0.2) is 77.0 Å². The van der Waals surface area contributed by atoms with Crippen LogP contribution in [0.2, 0.25) is 0 Å². The number of benzene rings is 3. The number of amides is 1. The zero-order valence-electron chi connectivity index (χ0n) is 17.8. The molecule has 0 atom stereocenters. The highest BCUT2D eigenvalue weighted by Gasteiger charge is 2.19. The van der Waals surface area contributed by atoms with Gasteiger partial charge >= 0.3 is 0 Å². The molecule has 0 unspecified atom stereocenters. The molecule has 4 aromatic rings. The number of rotatable bonds is 6. The first-order chi connectivity index (χ1) is 15.7. The summed E-state index contributed by atoms with van der Waals surface area (Å²) in [5.41, 5.74) is 4.15. The lowest BCUT2D eigenvalue weighted by molar-refractivity contribution is 0.102. The van der Waals surface area contributed by atoms with E-state index in [1.54, 1.807) is 12.1 Å². The Morgan fingerprint density at radius 3 is 2.48 bits per heavy atom. The molecule has 4 rings (SSSR count). The summed E-state index contributed by atoms with van der Waals surface area (Å²) in [6.07, 6.45) is 0. The maximum Gasteiger partial charge on any atom is 0.261 e. The highest BCUT2D eigenvalue weighted by molar-refractivity contribution is 7.92. The first kappa shape index (κ1) is 22.6. The number of sulfonamides is 1. The molecule has 2 N–H and O–H groups in total. The largest absolute Gasteiger partial charge is 0.298 e. The number of nitrogens with zero attached hydrogens (tertiary/aromatic N) is 1. The van der Waals surface area contributed by atoms with E-state index >= 15 is 0 Å². The lowest BCUT2D eigenvalue weighted by Crippen LogP contribution is -2.18. The summed E-state index contributed by atoms with van der Waals surface area (Å²) in [6.45, 7) is 4.00. The van der Waals surface area contributed by atoms with Crippen LogP contribution in [0.1, 0.15) is 21.5 Å². The van der Waals surface area contributed by atoms with Crippen molar-refractivity contribution in [3.05, 3.63) is 94.6 Å². The minimum atomic E-state index is -4.01. The summed E-state index contributed by atoms with van der Waals surface area (Å²) in [5.74, 6) is -1.05. The molecule has 0 aliphatic carbocycles. The number of anilines is 2. The average molecular weight is 482 g/mol. The van der Waals surface area contributed by atoms with Crippen LogP contribution < -0.4 is 10.0 Å². The van der Waals surface area contributed by atoms with Gasteiger partial charge in [-0.1, -0.05) is 29.8 Å². The Kier molecular flexibility index (Phi) is 6.26. The number of para-hydroxylation sites is 1. The molecular weight excluding hydrogens is 461 g/mol. The number of nitrogens with one attached hydrogen (secondary N) is 2. The molecule has 0 bridgehead atoms. The van der Waals surface area contributed by atoms with Crippen molar-refractivity contribution < 1.29 is 17.6 Å². The van der Waals surface area contributed by atoms with Gasteiger partial charge in [-0.2, -0.15) is 0 Å². The van der Waals surface area contributed by atoms with Gasteiger partial charge in [0.1, 0.15) is 5.82 Å². The van der Waals surface area contributed by atoms with Crippen LogP contribution in [0.25, 0.3) is 11.3 Å². The van der Waals surface area contributed by atoms with Crippen molar-refractivity contribution in [3.63, 3.8) is 0 Å². The topological polar surface area (TPSA) is 88.2 Å². The molecule has 0 saturated carbocycles. The van der Waals surface area contributed by atoms with Crippen LogP contribution in [-0.2, 0) is 10.0 Å². The summed E-state index contributed by atoms with van der Waals surface area (Å²) >= 11 is 1.28. The molecule has 0 saturated heterocycles. The summed E-state index contributed by atoms with van der Waals surface area (Å²) in [4.78, 5) is 17.3. The Morgan fingerprint density at radius 1 is 1.00 bits per heavy atom. The van der Waals surface area contributed by atoms with E-state index in [-0.39, 0.29) is 16.1 Å². The van der Waals surface area contributed by atoms with Gasteiger partial charge in [-0.3, -0.25) is 14.8 Å². The quantitative estimate of drug-likeness (QED) is 0.374. The Bertz CT molecular complexity index is 1430. The predicted octanol–water partition coefficient (Wildman–Crippen LogP) is 5.62. The fourth-order valence-corrected chi connectivity index (χ4v) is 5.00. The molecular formula is C24H20FN3O3S2. The number of aromatic nitrogens is 1. The smallest absolute Gasteiger partial charge is 0.261 e. The van der Waals surface area contributed by atoms with Crippen molar-refractivity contribution in [3.8, 4) is 11.3 Å². The van der Waals surface area contributed by atoms with E-state index in [0.29, 0.717) is 5.13 Å². The summed E-state index contributed by atoms with van der Waals surface area (Å²) in [7, 11) is -4.01. The van der Waals surface area contributed by atoms with Crippen LogP contribution in [-0.4, -0.2) is 19.3 Å². The molecule has 0 fully saturated rings. The molecule has 6 nitrogen and oxygen atoms in total. The van der Waals surface area contributed by atoms with Gasteiger partial charge in [0, 0.05) is 10.9 Å². The lowest BCUT2D eigenvalue weighted by Gasteiger charge is -2.12. The van der Waals surface area contributed by atoms with Gasteiger partial charge in [0.15, 0.2) is 5.13 Å². The van der Waals surface area contributed by atoms with E-state index < -0.39 is 21.7 Å². The number of aryl methyl sites for hydroxylation is 2. The summed E-state index contributed by atoms with van der Waals surface area (Å²) in [6, 6.07) is 16.8. The molecule has 0 aliphatic rings. The van der Waals surface area contributed by atoms with Gasteiger partial charge in [-0.25, -0.2) is 17.8 Å². The van der Waals surface area contributed by atoms with Gasteiger partial charge in [-0.15, -0.1) is 11.3 Å². The zero-order valence-corrected chi connectivity index (χ0v) is 19.4. The molecule has 3 aromatic carbocycles. The molecule has 33 heavy (non-hydrogen) atoms. The highest BCUT2D eigenvalue weighted by Crippen LogP contribution is 2.29. The monoisotopic (exact) mass is 481 g/mol. The van der Waals surface area contributed by atoms with Crippen LogP contribution in [0, 0.1) is 19.7 Å². The Balaban J connectivity index is 1.56. The van der Waals surface area contributed by atoms with Gasteiger partial charge in [0.2, 0.25) is 0 Å². The molecule has 168 valence electrons. The van der Waals surface area contributed by atoms with E-state index in [0.717, 1.165) is 46.6 Å². The van der Waals surface area contributed by atoms with Crippen molar-refractivity contribution in [1.29, 1.82) is 0 Å². The van der Waals surface area contributed by atoms with Crippen LogP contribution >= 0.6 is 11.3 Å². The lowest BCUT2D eigenvalue weighted by atomic mass is 10.0. The van der Waals surface area contributed by atoms with Gasteiger partial charge in [0.25, 0.3) is 15.9 Å². The maximum absolute atomic E-state index is 13.2. The first-order valence-corrected chi connectivity index (χ1v) is 12.3. The average Bonchev–Trinajstić information content (AvgIpc) is 3.24. The second-order valence-corrected chi connectivity index (χ2v) is 9.96. The van der Waals surface area contributed by atoms with Crippen LogP contribution in [0.4, 0.5) is 15.2 Å². The second-order valence-electron chi connectivity index (χ2n) is 7.42. The molecule has 1 heterocycles. The van der Waals surface area contributed by atoms with E-state index in [1.165, 1.54) is 23.5 Å². The minimum absolute atomic E-state index is 0.102. The summed E-state index contributed by atoms with van der Waals surface area (Å²) in [5, 5.41) is 5.00. The SMILES string of the molecule is Cc1ccc(C)c(-c2csc(NC(=O)c3ccccc3NS(=O)(=O)c3ccc(F)cc3)n2)c1. The second kappa shape index (κ2) is 9.13. The highest BCUT2D eigenvalue weighted by atomic mass is 32.2. The third-order valence-electron chi connectivity index (χ3n) is 4.93. The zero-order chi connectivity index (χ0) is 23.6. The molecule has 9 heteroatoms. The number of hydrogen-bond donors (Lipinski definition) is 2. The Hall–Kier alpha value is -3.56. The van der Waals surface area contributed by atoms with Gasteiger partial charge in [0.05, 0.1) is 21.8 Å². The van der Waals surface area contributed by atoms with Crippen molar-refractivity contribution in [1.82, 2.24) is 4.98 Å². The van der Waals surface area contributed by atoms with Crippen LogP contribution in [0.3, 0.4) is 0 Å². The molecule has 0 radical (unpaired) electrons. The number of halogens is 1. The fourth-order valence-electron chi connectivity index (χ4n) is 3.22. The van der Waals surface area contributed by atoms with Crippen molar-refractivity contribution in [2.75, 3.05) is 10.0 Å². The van der Waals surface area contributed by atoms with E-state index in [4.69, 9.17) is 0 Å². The van der Waals surface area contributed by atoms with Crippen molar-refractivity contribution in [2.45, 2.75) is 18.7 Å². The Labute approximate surface area is 195 Å². The van der Waals surface area contributed by atoms with Gasteiger partial charge < -0.3 is 0 Å². The minimum Gasteiger partial charge on any atom is -0.298 e. The first-order valence-electron chi connectivity index (χ1n) is 9.95. The third kappa shape index (κ3) is 5.10. The normalized spacial score (nSPS) is 11.2. The van der Waals surface area contributed by atoms with E-state index in [1.807, 2.05) is 37.4 Å². The van der Waals surface area contributed by atoms with Crippen molar-refractivity contribution >= 4 is 38.1 Å². The third-order valence-corrected chi connectivity index (χ3v) is 7.07. The van der Waals surface area contributed by atoms with E-state index in [2.05, 4.69) is 15.0 Å². The Morgan fingerprint density at radius 2 is 1.73 bits per heavy atom. The standard InChI is InChI=1S/C24H20FN3O3S2/c1-15-7-8-16(2)20(13-15)22-14-32-24(26-22)27-23(29)19-5-3-4-6-21(19)28-33(30,31)18-11-9-17(25)10-12-18/h3-14,28H,1-2H3,(H,26,27,29). The van der Waals surface area contributed by atoms with Crippen LogP contribution in [0.5, 0.6) is 0 Å². The predicted molar refractivity (Wildman–Crippen MR) is 129 cm³/mol. The van der Waals surface area contributed by atoms with E-state index in [9.17, 15) is 17.6 Å². The summed E-state index contributed by atoms with van der Waals surface area (Å²) < 4.78 is 40.9. The van der Waals surface area contributed by atoms with Crippen molar-refractivity contribution in [2.24, 2.45) is 0 Å². The molecule has 1 amide bonds. The molecule has 1 aromatic heterocycles. The van der Waals surface area contributed by atoms with Gasteiger partial charge in [-0.05, 0) is 61.9 Å². The fraction of sp³-hybridized carbons (Fsp3) is 0.0833. The molecule has 0 spiro atoms. The number of carbonyl (C=O) groups is 1. The molecule has 0 aliphatic heterocycles. The maximum atomic E-state index is 13.2. The number of carbonyl (C=O) groups excluding carboxylic acids is 1. The number of hydrogen-bond acceptors (Lipinski definition) is 5. The number of thiazole rings is 1.